The predicted octanol–water partition coefficient (Wildman–Crippen LogP) is 3.74. The van der Waals surface area contributed by atoms with Crippen molar-refractivity contribution in [2.75, 3.05) is 32.7 Å². The van der Waals surface area contributed by atoms with Gasteiger partial charge in [-0.3, -0.25) is 9.69 Å². The molecule has 2 aliphatic rings. The third-order valence-corrected chi connectivity index (χ3v) is 8.27. The minimum Gasteiger partial charge on any atom is -0.341 e. The van der Waals surface area contributed by atoms with Gasteiger partial charge >= 0.3 is 0 Å². The quantitative estimate of drug-likeness (QED) is 0.671. The number of hydrogen-bond acceptors (Lipinski definition) is 4. The van der Waals surface area contributed by atoms with E-state index >= 15 is 0 Å². The number of benzene rings is 2. The lowest BCUT2D eigenvalue weighted by molar-refractivity contribution is -0.139. The summed E-state index contributed by atoms with van der Waals surface area (Å²) >= 11 is 0. The number of likely N-dealkylation sites (tertiary alicyclic amines) is 2. The highest BCUT2D eigenvalue weighted by molar-refractivity contribution is 7.89. The average Bonchev–Trinajstić information content (AvgIpc) is 2.85. The van der Waals surface area contributed by atoms with Gasteiger partial charge in [0.25, 0.3) is 0 Å². The van der Waals surface area contributed by atoms with Crippen LogP contribution in [0.3, 0.4) is 0 Å². The molecule has 0 bridgehead atoms. The molecule has 178 valence electrons. The van der Waals surface area contributed by atoms with Crippen molar-refractivity contribution < 1.29 is 13.2 Å². The largest absolute Gasteiger partial charge is 0.341 e. The minimum atomic E-state index is -3.54. The van der Waals surface area contributed by atoms with Crippen molar-refractivity contribution in [2.24, 2.45) is 5.92 Å². The number of hydrogen-bond donors (Lipinski definition) is 1. The van der Waals surface area contributed by atoms with Gasteiger partial charge in [-0.2, -0.15) is 0 Å². The Bertz CT molecular complexity index is 1020. The minimum absolute atomic E-state index is 0.166. The first-order valence-electron chi connectivity index (χ1n) is 12.1. The van der Waals surface area contributed by atoms with E-state index in [0.29, 0.717) is 18.0 Å². The average molecular weight is 470 g/mol. The molecule has 2 aliphatic heterocycles. The summed E-state index contributed by atoms with van der Waals surface area (Å²) in [5, 5.41) is 0. The fourth-order valence-electron chi connectivity index (χ4n) is 4.96. The first-order valence-corrected chi connectivity index (χ1v) is 13.6. The van der Waals surface area contributed by atoms with Crippen LogP contribution in [0.5, 0.6) is 0 Å². The Morgan fingerprint density at radius 3 is 2.36 bits per heavy atom. The van der Waals surface area contributed by atoms with Crippen molar-refractivity contribution >= 4 is 15.9 Å². The van der Waals surface area contributed by atoms with Gasteiger partial charge in [0.1, 0.15) is 6.04 Å². The number of amides is 1. The smallest absolute Gasteiger partial charge is 0.244 e. The number of piperidine rings is 2. The zero-order chi connectivity index (χ0) is 23.3. The molecule has 0 aliphatic carbocycles. The normalized spacial score (nSPS) is 21.0. The number of nitrogens with one attached hydrogen (secondary N) is 1. The molecule has 2 atom stereocenters. The third-order valence-electron chi connectivity index (χ3n) is 6.83. The molecule has 33 heavy (non-hydrogen) atoms. The molecule has 0 spiro atoms. The van der Waals surface area contributed by atoms with E-state index < -0.39 is 10.0 Å². The molecule has 2 aromatic carbocycles. The standard InChI is InChI=1S/C26H35N3O3S/c1-21-12-14-24(15-13-21)33(31,32)27-19-22-9-8-18-29(20-22)25(23-10-4-2-5-11-23)26(30)28-16-6-3-7-17-28/h2,4-5,10-15,22,25,27H,3,6-9,16-20H2,1H3. The van der Waals surface area contributed by atoms with Crippen LogP contribution < -0.4 is 4.72 Å². The Morgan fingerprint density at radius 1 is 0.970 bits per heavy atom. The molecular formula is C26H35N3O3S. The second kappa shape index (κ2) is 10.8. The molecule has 2 heterocycles. The van der Waals surface area contributed by atoms with Gasteiger partial charge in [0.2, 0.25) is 15.9 Å². The van der Waals surface area contributed by atoms with Crippen LogP contribution in [-0.4, -0.2) is 56.8 Å². The highest BCUT2D eigenvalue weighted by atomic mass is 32.2. The lowest BCUT2D eigenvalue weighted by Gasteiger charge is -2.40. The lowest BCUT2D eigenvalue weighted by Crippen LogP contribution is -2.49. The van der Waals surface area contributed by atoms with E-state index in [1.807, 2.05) is 54.3 Å². The van der Waals surface area contributed by atoms with Crippen molar-refractivity contribution in [3.8, 4) is 0 Å². The summed E-state index contributed by atoms with van der Waals surface area (Å²) in [5.41, 5.74) is 2.05. The van der Waals surface area contributed by atoms with Gasteiger partial charge in [-0.25, -0.2) is 13.1 Å². The van der Waals surface area contributed by atoms with Crippen LogP contribution in [0, 0.1) is 12.8 Å². The van der Waals surface area contributed by atoms with Crippen LogP contribution in [-0.2, 0) is 14.8 Å². The van der Waals surface area contributed by atoms with Crippen LogP contribution in [0.25, 0.3) is 0 Å². The lowest BCUT2D eigenvalue weighted by atomic mass is 9.94. The highest BCUT2D eigenvalue weighted by Crippen LogP contribution is 2.30. The first kappa shape index (κ1) is 23.9. The van der Waals surface area contributed by atoms with E-state index in [-0.39, 0.29) is 17.9 Å². The van der Waals surface area contributed by atoms with E-state index in [0.717, 1.165) is 56.4 Å². The maximum Gasteiger partial charge on any atom is 0.244 e. The van der Waals surface area contributed by atoms with Crippen LogP contribution in [0.2, 0.25) is 0 Å². The Labute approximate surface area is 198 Å². The number of rotatable bonds is 7. The van der Waals surface area contributed by atoms with Gasteiger partial charge in [-0.15, -0.1) is 0 Å². The van der Waals surface area contributed by atoms with Gasteiger partial charge in [0, 0.05) is 26.2 Å². The molecule has 6 nitrogen and oxygen atoms in total. The summed E-state index contributed by atoms with van der Waals surface area (Å²) in [7, 11) is -3.54. The molecule has 0 aromatic heterocycles. The van der Waals surface area contributed by atoms with Crippen LogP contribution in [0.4, 0.5) is 0 Å². The van der Waals surface area contributed by atoms with E-state index in [1.165, 1.54) is 6.42 Å². The fourth-order valence-corrected chi connectivity index (χ4v) is 6.08. The van der Waals surface area contributed by atoms with Gasteiger partial charge in [-0.1, -0.05) is 48.0 Å². The van der Waals surface area contributed by atoms with Crippen molar-refractivity contribution in [2.45, 2.75) is 50.0 Å². The maximum atomic E-state index is 13.6. The summed E-state index contributed by atoms with van der Waals surface area (Å²) in [4.78, 5) is 18.2. The van der Waals surface area contributed by atoms with Crippen molar-refractivity contribution in [1.82, 2.24) is 14.5 Å². The molecular weight excluding hydrogens is 434 g/mol. The van der Waals surface area contributed by atoms with Gasteiger partial charge in [0.05, 0.1) is 4.90 Å². The molecule has 1 amide bonds. The molecule has 0 radical (unpaired) electrons. The summed E-state index contributed by atoms with van der Waals surface area (Å²) in [5.74, 6) is 0.348. The Morgan fingerprint density at radius 2 is 1.67 bits per heavy atom. The Balaban J connectivity index is 1.46. The van der Waals surface area contributed by atoms with Crippen LogP contribution in [0.15, 0.2) is 59.5 Å². The monoisotopic (exact) mass is 469 g/mol. The Hall–Kier alpha value is -2.22. The fraction of sp³-hybridized carbons (Fsp3) is 0.500. The number of carbonyl (C=O) groups excluding carboxylic acids is 1. The maximum absolute atomic E-state index is 13.6. The topological polar surface area (TPSA) is 69.7 Å². The van der Waals surface area contributed by atoms with Crippen molar-refractivity contribution in [3.63, 3.8) is 0 Å². The number of aryl methyl sites for hydroxylation is 1. The highest BCUT2D eigenvalue weighted by Gasteiger charge is 2.35. The third kappa shape index (κ3) is 6.02. The van der Waals surface area contributed by atoms with Crippen molar-refractivity contribution in [3.05, 3.63) is 65.7 Å². The summed E-state index contributed by atoms with van der Waals surface area (Å²) in [6, 6.07) is 16.6. The zero-order valence-electron chi connectivity index (χ0n) is 19.4. The molecule has 2 fully saturated rings. The molecule has 7 heteroatoms. The molecule has 2 saturated heterocycles. The van der Waals surface area contributed by atoms with Crippen molar-refractivity contribution in [1.29, 1.82) is 0 Å². The first-order chi connectivity index (χ1) is 15.9. The van der Waals surface area contributed by atoms with Gasteiger partial charge in [0.15, 0.2) is 0 Å². The summed E-state index contributed by atoms with van der Waals surface area (Å²) < 4.78 is 28.3. The number of carbonyl (C=O) groups is 1. The predicted molar refractivity (Wildman–Crippen MR) is 130 cm³/mol. The van der Waals surface area contributed by atoms with Gasteiger partial charge < -0.3 is 4.90 Å². The SMILES string of the molecule is Cc1ccc(S(=O)(=O)NCC2CCCN(C(C(=O)N3CCCCC3)c3ccccc3)C2)cc1. The summed E-state index contributed by atoms with van der Waals surface area (Å²) in [6.07, 6.45) is 5.22. The molecule has 0 saturated carbocycles. The van der Waals surface area contributed by atoms with E-state index in [1.54, 1.807) is 12.1 Å². The molecule has 4 rings (SSSR count). The molecule has 2 aromatic rings. The number of sulfonamides is 1. The van der Waals surface area contributed by atoms with Crippen LogP contribution in [0.1, 0.15) is 49.3 Å². The van der Waals surface area contributed by atoms with Crippen LogP contribution >= 0.6 is 0 Å². The zero-order valence-corrected chi connectivity index (χ0v) is 20.3. The van der Waals surface area contributed by atoms with E-state index in [9.17, 15) is 13.2 Å². The van der Waals surface area contributed by atoms with E-state index in [4.69, 9.17) is 0 Å². The molecule has 2 unspecified atom stereocenters. The number of nitrogens with zero attached hydrogens (tertiary/aromatic N) is 2. The van der Waals surface area contributed by atoms with E-state index in [2.05, 4.69) is 9.62 Å². The van der Waals surface area contributed by atoms with Gasteiger partial charge in [-0.05, 0) is 69.2 Å². The summed E-state index contributed by atoms with van der Waals surface area (Å²) in [6.45, 7) is 5.53. The Kier molecular flexibility index (Phi) is 7.83. The second-order valence-electron chi connectivity index (χ2n) is 9.37. The molecule has 1 N–H and O–H groups in total. The second-order valence-corrected chi connectivity index (χ2v) is 11.1.